The Kier molecular flexibility index (Phi) is 2.88. The molecule has 0 amide bonds. The quantitative estimate of drug-likeness (QED) is 0.700. The monoisotopic (exact) mass is 286 g/mol. The second-order valence-electron chi connectivity index (χ2n) is 5.12. The number of benzene rings is 2. The van der Waals surface area contributed by atoms with Gasteiger partial charge in [-0.1, -0.05) is 30.3 Å². The number of aryl methyl sites for hydroxylation is 1. The van der Waals surface area contributed by atoms with E-state index in [4.69, 9.17) is 4.74 Å². The van der Waals surface area contributed by atoms with Crippen LogP contribution < -0.4 is 4.74 Å². The molecule has 5 nitrogen and oxygen atoms in total. The largest absolute Gasteiger partial charge is 0.507 e. The number of aromatic hydroxyl groups is 2. The smallest absolute Gasteiger partial charge is 0.242 e. The summed E-state index contributed by atoms with van der Waals surface area (Å²) in [7, 11) is 0. The summed E-state index contributed by atoms with van der Waals surface area (Å²) in [6, 6.07) is 9.76. The van der Waals surface area contributed by atoms with E-state index in [1.165, 1.54) is 6.07 Å². The van der Waals surface area contributed by atoms with Gasteiger partial charge < -0.3 is 20.1 Å². The molecule has 0 saturated carbocycles. The molecule has 3 N–H and O–H groups in total. The molecular weight excluding hydrogens is 272 g/mol. The lowest BCUT2D eigenvalue weighted by Gasteiger charge is -2.34. The van der Waals surface area contributed by atoms with Crippen molar-refractivity contribution in [1.29, 1.82) is 0 Å². The Bertz CT molecular complexity index is 723. The van der Waals surface area contributed by atoms with Crippen LogP contribution in [0.15, 0.2) is 36.4 Å². The summed E-state index contributed by atoms with van der Waals surface area (Å²) >= 11 is 0. The Hall–Kier alpha value is -2.53. The van der Waals surface area contributed by atoms with Gasteiger partial charge in [-0.2, -0.15) is 0 Å². The third-order valence-corrected chi connectivity index (χ3v) is 3.60. The molecule has 1 aliphatic rings. The molecule has 0 bridgehead atoms. The number of aliphatic hydroxyl groups is 1. The minimum Gasteiger partial charge on any atom is -0.507 e. The molecule has 0 saturated heterocycles. The maximum atomic E-state index is 12.2. The van der Waals surface area contributed by atoms with Crippen molar-refractivity contribution in [2.45, 2.75) is 19.1 Å². The van der Waals surface area contributed by atoms with E-state index >= 15 is 0 Å². The fourth-order valence-electron chi connectivity index (χ4n) is 2.50. The van der Waals surface area contributed by atoms with Crippen LogP contribution in [0.1, 0.15) is 27.9 Å². The second-order valence-corrected chi connectivity index (χ2v) is 5.12. The lowest BCUT2D eigenvalue weighted by Crippen LogP contribution is -2.39. The van der Waals surface area contributed by atoms with E-state index in [2.05, 4.69) is 0 Å². The van der Waals surface area contributed by atoms with Crippen LogP contribution in [0.3, 0.4) is 0 Å². The maximum absolute atomic E-state index is 12.2. The number of ketones is 1. The molecule has 1 unspecified atom stereocenters. The molecule has 2 aromatic rings. The highest BCUT2D eigenvalue weighted by Gasteiger charge is 2.43. The Labute approximate surface area is 121 Å². The highest BCUT2D eigenvalue weighted by molar-refractivity contribution is 6.03. The van der Waals surface area contributed by atoms with Crippen LogP contribution in [0.25, 0.3) is 0 Å². The van der Waals surface area contributed by atoms with E-state index in [1.807, 2.05) is 0 Å². The normalized spacial score (nSPS) is 20.8. The third-order valence-electron chi connectivity index (χ3n) is 3.60. The van der Waals surface area contributed by atoms with E-state index < -0.39 is 11.6 Å². The number of fused-ring (bicyclic) bond motifs is 1. The molecule has 0 aliphatic carbocycles. The molecule has 0 spiro atoms. The third kappa shape index (κ3) is 2.02. The molecule has 108 valence electrons. The van der Waals surface area contributed by atoms with Gasteiger partial charge in [0, 0.05) is 5.56 Å². The summed E-state index contributed by atoms with van der Waals surface area (Å²) in [6.07, 6.45) is -0.333. The first-order chi connectivity index (χ1) is 9.92. The van der Waals surface area contributed by atoms with Crippen LogP contribution >= 0.6 is 0 Å². The lowest BCUT2D eigenvalue weighted by atomic mass is 9.91. The average Bonchev–Trinajstić information content (AvgIpc) is 2.45. The van der Waals surface area contributed by atoms with Gasteiger partial charge in [-0.05, 0) is 18.6 Å². The topological polar surface area (TPSA) is 87.0 Å². The number of carbonyl (C=O) groups excluding carboxylic acids is 1. The van der Waals surface area contributed by atoms with Gasteiger partial charge in [-0.25, -0.2) is 0 Å². The molecule has 1 atom stereocenters. The van der Waals surface area contributed by atoms with Crippen LogP contribution in [-0.2, 0) is 5.79 Å². The van der Waals surface area contributed by atoms with Gasteiger partial charge in [-0.3, -0.25) is 4.79 Å². The Morgan fingerprint density at radius 1 is 1.19 bits per heavy atom. The number of carbonyl (C=O) groups is 1. The highest BCUT2D eigenvalue weighted by Crippen LogP contribution is 2.47. The molecule has 2 aromatic carbocycles. The predicted molar refractivity (Wildman–Crippen MR) is 74.4 cm³/mol. The van der Waals surface area contributed by atoms with Gasteiger partial charge >= 0.3 is 0 Å². The number of ether oxygens (including phenoxy) is 1. The van der Waals surface area contributed by atoms with Crippen LogP contribution in [-0.4, -0.2) is 21.1 Å². The summed E-state index contributed by atoms with van der Waals surface area (Å²) in [5, 5.41) is 30.6. The summed E-state index contributed by atoms with van der Waals surface area (Å²) in [5.41, 5.74) is 0.666. The van der Waals surface area contributed by atoms with E-state index in [1.54, 1.807) is 37.3 Å². The van der Waals surface area contributed by atoms with Crippen molar-refractivity contribution in [1.82, 2.24) is 0 Å². The number of phenolic OH excluding ortho intramolecular Hbond substituents is 2. The number of Topliss-reactive ketones (excluding diaryl/α,β-unsaturated/α-hetero) is 1. The van der Waals surface area contributed by atoms with Crippen molar-refractivity contribution in [2.24, 2.45) is 0 Å². The SMILES string of the molecule is Cc1cc(O)c2c(c1O)OC(O)(c1ccccc1)CC2=O. The highest BCUT2D eigenvalue weighted by atomic mass is 16.6. The van der Waals surface area contributed by atoms with Gasteiger partial charge in [0.15, 0.2) is 17.3 Å². The van der Waals surface area contributed by atoms with Crippen LogP contribution in [0, 0.1) is 6.92 Å². The van der Waals surface area contributed by atoms with E-state index in [0.717, 1.165) is 0 Å². The number of hydrogen-bond donors (Lipinski definition) is 3. The molecular formula is C16H14O5. The van der Waals surface area contributed by atoms with Crippen molar-refractivity contribution in [3.05, 3.63) is 53.1 Å². The van der Waals surface area contributed by atoms with Gasteiger partial charge in [0.05, 0.1) is 6.42 Å². The summed E-state index contributed by atoms with van der Waals surface area (Å²) in [6.45, 7) is 1.57. The Morgan fingerprint density at radius 2 is 1.86 bits per heavy atom. The molecule has 0 radical (unpaired) electrons. The van der Waals surface area contributed by atoms with Crippen molar-refractivity contribution in [2.75, 3.05) is 0 Å². The minimum atomic E-state index is -1.86. The van der Waals surface area contributed by atoms with E-state index in [-0.39, 0.29) is 29.2 Å². The molecule has 0 fully saturated rings. The number of hydrogen-bond acceptors (Lipinski definition) is 5. The van der Waals surface area contributed by atoms with Gasteiger partial charge in [0.2, 0.25) is 5.79 Å². The van der Waals surface area contributed by atoms with E-state index in [0.29, 0.717) is 11.1 Å². The van der Waals surface area contributed by atoms with Crippen LogP contribution in [0.5, 0.6) is 17.2 Å². The zero-order chi connectivity index (χ0) is 15.2. The molecule has 1 aliphatic heterocycles. The Morgan fingerprint density at radius 3 is 2.52 bits per heavy atom. The molecule has 5 heteroatoms. The first-order valence-electron chi connectivity index (χ1n) is 6.48. The maximum Gasteiger partial charge on any atom is 0.242 e. The molecule has 1 heterocycles. The summed E-state index contributed by atoms with van der Waals surface area (Å²) < 4.78 is 5.49. The summed E-state index contributed by atoms with van der Waals surface area (Å²) in [4.78, 5) is 12.2. The van der Waals surface area contributed by atoms with Crippen molar-refractivity contribution in [3.8, 4) is 17.2 Å². The molecule has 3 rings (SSSR count). The molecule has 0 aromatic heterocycles. The van der Waals surface area contributed by atoms with E-state index in [9.17, 15) is 20.1 Å². The van der Waals surface area contributed by atoms with Gasteiger partial charge in [0.1, 0.15) is 11.3 Å². The zero-order valence-corrected chi connectivity index (χ0v) is 11.3. The van der Waals surface area contributed by atoms with Crippen molar-refractivity contribution >= 4 is 5.78 Å². The minimum absolute atomic E-state index is 0.0984. The Balaban J connectivity index is 2.17. The number of rotatable bonds is 1. The van der Waals surface area contributed by atoms with Crippen LogP contribution in [0.2, 0.25) is 0 Å². The second kappa shape index (κ2) is 4.49. The van der Waals surface area contributed by atoms with Crippen LogP contribution in [0.4, 0.5) is 0 Å². The first-order valence-corrected chi connectivity index (χ1v) is 6.48. The fraction of sp³-hybridized carbons (Fsp3) is 0.188. The van der Waals surface area contributed by atoms with Crippen molar-refractivity contribution in [3.63, 3.8) is 0 Å². The summed E-state index contributed by atoms with van der Waals surface area (Å²) in [5.74, 6) is -3.06. The lowest BCUT2D eigenvalue weighted by molar-refractivity contribution is -0.148. The molecule has 21 heavy (non-hydrogen) atoms. The zero-order valence-electron chi connectivity index (χ0n) is 11.3. The predicted octanol–water partition coefficient (Wildman–Crippen LogP) is 2.22. The number of phenols is 2. The van der Waals surface area contributed by atoms with Gasteiger partial charge in [-0.15, -0.1) is 0 Å². The van der Waals surface area contributed by atoms with Gasteiger partial charge in [0.25, 0.3) is 0 Å². The first kappa shape index (κ1) is 13.5. The average molecular weight is 286 g/mol. The van der Waals surface area contributed by atoms with Crippen molar-refractivity contribution < 1.29 is 24.9 Å². The fourth-order valence-corrected chi connectivity index (χ4v) is 2.50. The standard InChI is InChI=1S/C16H14O5/c1-9-7-11(17)13-12(18)8-16(20,21-15(13)14(9)19)10-5-3-2-4-6-10/h2-7,17,19-20H,8H2,1H3.